The van der Waals surface area contributed by atoms with E-state index in [1.54, 1.807) is 6.20 Å². The zero-order chi connectivity index (χ0) is 12.1. The number of aliphatic hydroxyl groups is 1. The lowest BCUT2D eigenvalue weighted by Gasteiger charge is -2.22. The number of pyridine rings is 1. The smallest absolute Gasteiger partial charge is 0.130 e. The molecule has 0 saturated carbocycles. The highest BCUT2D eigenvalue weighted by Gasteiger charge is 2.14. The van der Waals surface area contributed by atoms with Crippen molar-refractivity contribution in [3.8, 4) is 0 Å². The SMILES string of the molecule is Cc1ccnc(NC(CO)C(C)C)c1CN. The standard InChI is InChI=1S/C12H21N3O/c1-8(2)11(7-16)15-12-10(6-13)9(3)4-5-14-12/h4-5,8,11,16H,6-7,13H2,1-3H3,(H,14,15). The molecule has 4 heteroatoms. The first-order chi connectivity index (χ1) is 7.60. The van der Waals surface area contributed by atoms with Gasteiger partial charge in [-0.2, -0.15) is 0 Å². The molecule has 1 aromatic rings. The number of anilines is 1. The first-order valence-electron chi connectivity index (χ1n) is 5.62. The first kappa shape index (κ1) is 12.9. The summed E-state index contributed by atoms with van der Waals surface area (Å²) in [6.07, 6.45) is 1.76. The van der Waals surface area contributed by atoms with Crippen LogP contribution in [-0.2, 0) is 6.54 Å². The molecule has 0 aliphatic carbocycles. The van der Waals surface area contributed by atoms with Crippen LogP contribution in [0, 0.1) is 12.8 Å². The molecule has 0 amide bonds. The van der Waals surface area contributed by atoms with Gasteiger partial charge < -0.3 is 16.2 Å². The van der Waals surface area contributed by atoms with Crippen LogP contribution in [0.4, 0.5) is 5.82 Å². The van der Waals surface area contributed by atoms with Crippen LogP contribution in [0.2, 0.25) is 0 Å². The number of hydrogen-bond acceptors (Lipinski definition) is 4. The quantitative estimate of drug-likeness (QED) is 0.703. The Morgan fingerprint density at radius 3 is 2.69 bits per heavy atom. The molecule has 0 aliphatic rings. The molecule has 1 aromatic heterocycles. The maximum absolute atomic E-state index is 9.27. The summed E-state index contributed by atoms with van der Waals surface area (Å²) in [5.74, 6) is 1.13. The van der Waals surface area contributed by atoms with Crippen molar-refractivity contribution in [2.45, 2.75) is 33.4 Å². The number of aliphatic hydroxyl groups excluding tert-OH is 1. The van der Waals surface area contributed by atoms with Crippen molar-refractivity contribution in [2.24, 2.45) is 11.7 Å². The third-order valence-corrected chi connectivity index (χ3v) is 2.82. The van der Waals surface area contributed by atoms with E-state index in [4.69, 9.17) is 5.73 Å². The van der Waals surface area contributed by atoms with E-state index >= 15 is 0 Å². The van der Waals surface area contributed by atoms with Gasteiger partial charge in [0.2, 0.25) is 0 Å². The van der Waals surface area contributed by atoms with Crippen LogP contribution in [-0.4, -0.2) is 22.7 Å². The molecule has 1 rings (SSSR count). The monoisotopic (exact) mass is 223 g/mol. The molecule has 0 radical (unpaired) electrons. The molecule has 1 atom stereocenters. The Kier molecular flexibility index (Phi) is 4.71. The highest BCUT2D eigenvalue weighted by atomic mass is 16.3. The molecule has 0 spiro atoms. The van der Waals surface area contributed by atoms with Gasteiger partial charge in [-0.25, -0.2) is 4.98 Å². The minimum Gasteiger partial charge on any atom is -0.394 e. The Morgan fingerprint density at radius 1 is 1.50 bits per heavy atom. The Balaban J connectivity index is 2.91. The predicted molar refractivity (Wildman–Crippen MR) is 66.2 cm³/mol. The van der Waals surface area contributed by atoms with E-state index in [-0.39, 0.29) is 12.6 Å². The molecular formula is C12H21N3O. The van der Waals surface area contributed by atoms with Crippen LogP contribution in [0.25, 0.3) is 0 Å². The summed E-state index contributed by atoms with van der Waals surface area (Å²) >= 11 is 0. The van der Waals surface area contributed by atoms with Gasteiger partial charge in [-0.15, -0.1) is 0 Å². The molecule has 4 N–H and O–H groups in total. The van der Waals surface area contributed by atoms with Gasteiger partial charge in [-0.3, -0.25) is 0 Å². The minimum absolute atomic E-state index is 0.0135. The molecule has 1 heterocycles. The molecular weight excluding hydrogens is 202 g/mol. The van der Waals surface area contributed by atoms with E-state index in [1.807, 2.05) is 13.0 Å². The molecule has 0 fully saturated rings. The van der Waals surface area contributed by atoms with Gasteiger partial charge in [-0.1, -0.05) is 13.8 Å². The van der Waals surface area contributed by atoms with Crippen LogP contribution < -0.4 is 11.1 Å². The number of hydrogen-bond donors (Lipinski definition) is 3. The fraction of sp³-hybridized carbons (Fsp3) is 0.583. The lowest BCUT2D eigenvalue weighted by molar-refractivity contribution is 0.249. The summed E-state index contributed by atoms with van der Waals surface area (Å²) in [4.78, 5) is 4.28. The Labute approximate surface area is 96.9 Å². The van der Waals surface area contributed by atoms with Crippen LogP contribution in [0.1, 0.15) is 25.0 Å². The zero-order valence-electron chi connectivity index (χ0n) is 10.2. The predicted octanol–water partition coefficient (Wildman–Crippen LogP) is 1.28. The third-order valence-electron chi connectivity index (χ3n) is 2.82. The second-order valence-electron chi connectivity index (χ2n) is 4.34. The average molecular weight is 223 g/mol. The molecule has 0 bridgehead atoms. The largest absolute Gasteiger partial charge is 0.394 e. The molecule has 90 valence electrons. The number of nitrogens with zero attached hydrogens (tertiary/aromatic N) is 1. The maximum atomic E-state index is 9.27. The zero-order valence-corrected chi connectivity index (χ0v) is 10.2. The summed E-state index contributed by atoms with van der Waals surface area (Å²) < 4.78 is 0. The fourth-order valence-corrected chi connectivity index (χ4v) is 1.57. The van der Waals surface area contributed by atoms with Crippen molar-refractivity contribution in [3.63, 3.8) is 0 Å². The lowest BCUT2D eigenvalue weighted by Crippen LogP contribution is -2.30. The van der Waals surface area contributed by atoms with Crippen molar-refractivity contribution in [1.82, 2.24) is 4.98 Å². The summed E-state index contributed by atoms with van der Waals surface area (Å²) in [6.45, 7) is 6.69. The van der Waals surface area contributed by atoms with Gasteiger partial charge in [0.15, 0.2) is 0 Å². The molecule has 1 unspecified atom stereocenters. The summed E-state index contributed by atoms with van der Waals surface area (Å²) in [6, 6.07) is 1.95. The Bertz CT molecular complexity index is 339. The maximum Gasteiger partial charge on any atom is 0.130 e. The van der Waals surface area contributed by atoms with E-state index < -0.39 is 0 Å². The molecule has 4 nitrogen and oxygen atoms in total. The molecule has 0 saturated heterocycles. The Morgan fingerprint density at radius 2 is 2.19 bits per heavy atom. The second-order valence-corrected chi connectivity index (χ2v) is 4.34. The van der Waals surface area contributed by atoms with E-state index in [2.05, 4.69) is 24.1 Å². The van der Waals surface area contributed by atoms with E-state index in [1.165, 1.54) is 0 Å². The second kappa shape index (κ2) is 5.82. The minimum atomic E-state index is 0.0135. The number of nitrogens with one attached hydrogen (secondary N) is 1. The number of aromatic nitrogens is 1. The third kappa shape index (κ3) is 2.93. The van der Waals surface area contributed by atoms with Crippen molar-refractivity contribution in [3.05, 3.63) is 23.4 Å². The molecule has 0 aromatic carbocycles. The van der Waals surface area contributed by atoms with Gasteiger partial charge in [0.05, 0.1) is 12.6 Å². The van der Waals surface area contributed by atoms with E-state index in [0.717, 1.165) is 16.9 Å². The van der Waals surface area contributed by atoms with Gasteiger partial charge >= 0.3 is 0 Å². The topological polar surface area (TPSA) is 71.2 Å². The number of nitrogens with two attached hydrogens (primary N) is 1. The van der Waals surface area contributed by atoms with Gasteiger partial charge in [-0.05, 0) is 24.5 Å². The van der Waals surface area contributed by atoms with Crippen molar-refractivity contribution < 1.29 is 5.11 Å². The number of rotatable bonds is 5. The van der Waals surface area contributed by atoms with Crippen LogP contribution in [0.15, 0.2) is 12.3 Å². The van der Waals surface area contributed by atoms with E-state index in [0.29, 0.717) is 12.5 Å². The lowest BCUT2D eigenvalue weighted by atomic mass is 10.0. The number of aryl methyl sites for hydroxylation is 1. The van der Waals surface area contributed by atoms with Gasteiger partial charge in [0.1, 0.15) is 5.82 Å². The van der Waals surface area contributed by atoms with Gasteiger partial charge in [0, 0.05) is 18.3 Å². The summed E-state index contributed by atoms with van der Waals surface area (Å²) in [5.41, 5.74) is 7.84. The van der Waals surface area contributed by atoms with Crippen molar-refractivity contribution in [1.29, 1.82) is 0 Å². The van der Waals surface area contributed by atoms with Crippen molar-refractivity contribution >= 4 is 5.82 Å². The first-order valence-corrected chi connectivity index (χ1v) is 5.62. The molecule has 16 heavy (non-hydrogen) atoms. The fourth-order valence-electron chi connectivity index (χ4n) is 1.57. The molecule has 0 aliphatic heterocycles. The van der Waals surface area contributed by atoms with Crippen LogP contribution in [0.5, 0.6) is 0 Å². The summed E-state index contributed by atoms with van der Waals surface area (Å²) in [5, 5.41) is 12.5. The van der Waals surface area contributed by atoms with Crippen LogP contribution >= 0.6 is 0 Å². The van der Waals surface area contributed by atoms with E-state index in [9.17, 15) is 5.11 Å². The summed E-state index contributed by atoms with van der Waals surface area (Å²) in [7, 11) is 0. The normalized spacial score (nSPS) is 12.9. The van der Waals surface area contributed by atoms with Crippen LogP contribution in [0.3, 0.4) is 0 Å². The van der Waals surface area contributed by atoms with Gasteiger partial charge in [0.25, 0.3) is 0 Å². The Hall–Kier alpha value is -1.13. The van der Waals surface area contributed by atoms with Crippen molar-refractivity contribution in [2.75, 3.05) is 11.9 Å². The highest BCUT2D eigenvalue weighted by Crippen LogP contribution is 2.18. The average Bonchev–Trinajstić information content (AvgIpc) is 2.25. The highest BCUT2D eigenvalue weighted by molar-refractivity contribution is 5.48.